The molecule has 1 saturated heterocycles. The minimum atomic E-state index is -1.45. The summed E-state index contributed by atoms with van der Waals surface area (Å²) in [7, 11) is 0. The molecule has 4 rings (SSSR count). The van der Waals surface area contributed by atoms with Crippen molar-refractivity contribution in [3.8, 4) is 10.4 Å². The van der Waals surface area contributed by atoms with Crippen molar-refractivity contribution in [2.75, 3.05) is 11.9 Å². The summed E-state index contributed by atoms with van der Waals surface area (Å²) in [5, 5.41) is 45.2. The predicted octanol–water partition coefficient (Wildman–Crippen LogP) is 1.04. The van der Waals surface area contributed by atoms with Crippen molar-refractivity contribution in [3.05, 3.63) is 51.7 Å². The molecular formula is C20H21NO7S. The number of hydrogen-bond acceptors (Lipinski definition) is 9. The van der Waals surface area contributed by atoms with Crippen LogP contribution in [-0.2, 0) is 4.74 Å². The lowest BCUT2D eigenvalue weighted by Gasteiger charge is -2.40. The van der Waals surface area contributed by atoms with Gasteiger partial charge in [-0.1, -0.05) is 6.07 Å². The van der Waals surface area contributed by atoms with Crippen molar-refractivity contribution in [2.24, 2.45) is 0 Å². The van der Waals surface area contributed by atoms with Crippen molar-refractivity contribution in [1.82, 2.24) is 0 Å². The maximum Gasteiger partial charge on any atom is 0.345 e. The summed E-state index contributed by atoms with van der Waals surface area (Å²) in [5.41, 5.74) is 1.69. The third kappa shape index (κ3) is 3.57. The summed E-state index contributed by atoms with van der Waals surface area (Å²) in [4.78, 5) is 13.4. The van der Waals surface area contributed by atoms with Gasteiger partial charge in [-0.2, -0.15) is 0 Å². The Morgan fingerprint density at radius 2 is 1.97 bits per heavy atom. The quantitative estimate of drug-likeness (QED) is 0.396. The molecule has 1 fully saturated rings. The number of rotatable bonds is 4. The molecule has 29 heavy (non-hydrogen) atoms. The Morgan fingerprint density at radius 1 is 1.17 bits per heavy atom. The van der Waals surface area contributed by atoms with E-state index in [1.807, 2.05) is 24.4 Å². The monoisotopic (exact) mass is 419 g/mol. The summed E-state index contributed by atoms with van der Waals surface area (Å²) >= 11 is 1.46. The number of aryl methyl sites for hydroxylation is 1. The van der Waals surface area contributed by atoms with Crippen molar-refractivity contribution < 1.29 is 29.6 Å². The van der Waals surface area contributed by atoms with Gasteiger partial charge in [-0.05, 0) is 36.1 Å². The molecule has 3 unspecified atom stereocenters. The molecule has 0 aliphatic carbocycles. The fourth-order valence-electron chi connectivity index (χ4n) is 3.60. The number of benzene rings is 1. The Bertz CT molecular complexity index is 1060. The first-order valence-corrected chi connectivity index (χ1v) is 9.97. The first-order valence-electron chi connectivity index (χ1n) is 9.09. The number of nitrogens with one attached hydrogen (secondary N) is 1. The highest BCUT2D eigenvalue weighted by atomic mass is 32.1. The largest absolute Gasteiger partial charge is 0.422 e. The van der Waals surface area contributed by atoms with Crippen LogP contribution in [0.4, 0.5) is 5.69 Å². The van der Waals surface area contributed by atoms with Crippen LogP contribution in [0, 0.1) is 6.92 Å². The Balaban J connectivity index is 1.66. The van der Waals surface area contributed by atoms with Gasteiger partial charge in [-0.25, -0.2) is 4.79 Å². The second kappa shape index (κ2) is 7.86. The Kier molecular flexibility index (Phi) is 5.43. The van der Waals surface area contributed by atoms with E-state index in [-0.39, 0.29) is 0 Å². The van der Waals surface area contributed by atoms with E-state index in [9.17, 15) is 20.1 Å². The summed E-state index contributed by atoms with van der Waals surface area (Å²) in [6.45, 7) is 1.32. The van der Waals surface area contributed by atoms with Crippen molar-refractivity contribution >= 4 is 28.0 Å². The third-order valence-electron chi connectivity index (χ3n) is 5.17. The van der Waals surface area contributed by atoms with Crippen LogP contribution in [0.1, 0.15) is 5.56 Å². The zero-order valence-corrected chi connectivity index (χ0v) is 16.3. The van der Waals surface area contributed by atoms with Gasteiger partial charge in [0.15, 0.2) is 6.29 Å². The summed E-state index contributed by atoms with van der Waals surface area (Å²) in [5.74, 6) is 0. The molecular weight excluding hydrogens is 398 g/mol. The lowest BCUT2D eigenvalue weighted by molar-refractivity contribution is -0.245. The fourth-order valence-corrected chi connectivity index (χ4v) is 4.41. The van der Waals surface area contributed by atoms with Gasteiger partial charge < -0.3 is 34.9 Å². The number of ether oxygens (including phenoxy) is 1. The van der Waals surface area contributed by atoms with E-state index in [2.05, 4.69) is 5.32 Å². The van der Waals surface area contributed by atoms with Gasteiger partial charge in [0, 0.05) is 22.0 Å². The van der Waals surface area contributed by atoms with E-state index in [1.54, 1.807) is 18.2 Å². The number of aliphatic hydroxyl groups excluding tert-OH is 4. The molecule has 1 aromatic carbocycles. The van der Waals surface area contributed by atoms with E-state index in [0.29, 0.717) is 16.8 Å². The Morgan fingerprint density at radius 3 is 2.66 bits per heavy atom. The van der Waals surface area contributed by atoms with Gasteiger partial charge in [0.05, 0.1) is 12.2 Å². The lowest BCUT2D eigenvalue weighted by atomic mass is 9.96. The predicted molar refractivity (Wildman–Crippen MR) is 108 cm³/mol. The van der Waals surface area contributed by atoms with Crippen LogP contribution in [0.25, 0.3) is 21.4 Å². The SMILES string of the molecule is Cc1c(-c2cccs2)c(=O)oc2cc(NC3C(O)OC(CO)[C@@H](O)[C@@H]3O)ccc12. The molecule has 9 heteroatoms. The average Bonchev–Trinajstić information content (AvgIpc) is 3.22. The molecule has 3 aromatic rings. The van der Waals surface area contributed by atoms with E-state index < -0.39 is 42.9 Å². The highest BCUT2D eigenvalue weighted by molar-refractivity contribution is 7.13. The molecule has 0 saturated carbocycles. The molecule has 0 spiro atoms. The number of fused-ring (bicyclic) bond motifs is 1. The fraction of sp³-hybridized carbons (Fsp3) is 0.350. The molecule has 1 aliphatic rings. The van der Waals surface area contributed by atoms with Crippen LogP contribution < -0.4 is 10.9 Å². The second-order valence-electron chi connectivity index (χ2n) is 6.98. The molecule has 5 N–H and O–H groups in total. The van der Waals surface area contributed by atoms with E-state index in [0.717, 1.165) is 15.8 Å². The molecule has 3 heterocycles. The molecule has 0 radical (unpaired) electrons. The zero-order chi connectivity index (χ0) is 20.7. The van der Waals surface area contributed by atoms with Crippen LogP contribution in [0.15, 0.2) is 44.9 Å². The number of hydrogen-bond donors (Lipinski definition) is 5. The van der Waals surface area contributed by atoms with Gasteiger partial charge in [0.25, 0.3) is 0 Å². The van der Waals surface area contributed by atoms with Crippen LogP contribution in [0.5, 0.6) is 0 Å². The third-order valence-corrected chi connectivity index (χ3v) is 6.06. The normalized spacial score (nSPS) is 27.3. The minimum absolute atomic E-state index is 0.354. The summed E-state index contributed by atoms with van der Waals surface area (Å²) < 4.78 is 10.7. The molecule has 2 aromatic heterocycles. The average molecular weight is 419 g/mol. The topological polar surface area (TPSA) is 132 Å². The highest BCUT2D eigenvalue weighted by Gasteiger charge is 2.43. The molecule has 8 nitrogen and oxygen atoms in total. The number of thiophene rings is 1. The van der Waals surface area contributed by atoms with Gasteiger partial charge in [-0.3, -0.25) is 0 Å². The van der Waals surface area contributed by atoms with Crippen molar-refractivity contribution in [3.63, 3.8) is 0 Å². The number of anilines is 1. The van der Waals surface area contributed by atoms with E-state index in [4.69, 9.17) is 14.3 Å². The van der Waals surface area contributed by atoms with Crippen LogP contribution in [0.2, 0.25) is 0 Å². The lowest BCUT2D eigenvalue weighted by Crippen LogP contribution is -2.61. The van der Waals surface area contributed by atoms with E-state index >= 15 is 0 Å². The first-order chi connectivity index (χ1) is 13.9. The maximum atomic E-state index is 12.5. The van der Waals surface area contributed by atoms with Crippen LogP contribution in [0.3, 0.4) is 0 Å². The van der Waals surface area contributed by atoms with Crippen molar-refractivity contribution in [1.29, 1.82) is 0 Å². The first kappa shape index (κ1) is 20.0. The number of aliphatic hydroxyl groups is 4. The molecule has 5 atom stereocenters. The molecule has 154 valence electrons. The smallest absolute Gasteiger partial charge is 0.345 e. The van der Waals surface area contributed by atoms with E-state index in [1.165, 1.54) is 11.3 Å². The standard InChI is InChI=1S/C20H21NO7S/c1-9-11-5-4-10(21-16-18(24)17(23)13(8-22)28-20(16)26)7-12(11)27-19(25)15(9)14-3-2-6-29-14/h2-7,13,16-18,20-24,26H,8H2,1H3/t13?,16?,17-,18-,20?/m1/s1. The molecule has 0 amide bonds. The summed E-state index contributed by atoms with van der Waals surface area (Å²) in [6, 6.07) is 7.78. The molecule has 0 bridgehead atoms. The van der Waals surface area contributed by atoms with Crippen LogP contribution >= 0.6 is 11.3 Å². The Labute approximate surface area is 169 Å². The van der Waals surface area contributed by atoms with Gasteiger partial charge in [0.2, 0.25) is 0 Å². The van der Waals surface area contributed by atoms with Gasteiger partial charge >= 0.3 is 5.63 Å². The Hall–Kier alpha value is -2.27. The minimum Gasteiger partial charge on any atom is -0.422 e. The van der Waals surface area contributed by atoms with Crippen LogP contribution in [-0.4, -0.2) is 57.7 Å². The van der Waals surface area contributed by atoms with Crippen molar-refractivity contribution in [2.45, 2.75) is 37.6 Å². The highest BCUT2D eigenvalue weighted by Crippen LogP contribution is 2.31. The van der Waals surface area contributed by atoms with Gasteiger partial charge in [-0.15, -0.1) is 11.3 Å². The zero-order valence-electron chi connectivity index (χ0n) is 15.5. The molecule has 1 aliphatic heterocycles. The van der Waals surface area contributed by atoms with Gasteiger partial charge in [0.1, 0.15) is 29.9 Å². The second-order valence-corrected chi connectivity index (χ2v) is 7.92. The maximum absolute atomic E-state index is 12.5. The summed E-state index contributed by atoms with van der Waals surface area (Å²) in [6.07, 6.45) is -5.27.